The van der Waals surface area contributed by atoms with Crippen LogP contribution in [0.1, 0.15) is 19.4 Å². The third-order valence-electron chi connectivity index (χ3n) is 2.99. The van der Waals surface area contributed by atoms with E-state index in [1.165, 1.54) is 0 Å². The number of aryl methyl sites for hydroxylation is 1. The van der Waals surface area contributed by atoms with E-state index in [0.717, 1.165) is 38.0 Å². The van der Waals surface area contributed by atoms with Gasteiger partial charge in [-0.05, 0) is 24.5 Å². The van der Waals surface area contributed by atoms with Gasteiger partial charge < -0.3 is 5.73 Å². The van der Waals surface area contributed by atoms with Gasteiger partial charge >= 0.3 is 0 Å². The molecule has 0 spiro atoms. The molecule has 2 N–H and O–H groups in total. The summed E-state index contributed by atoms with van der Waals surface area (Å²) in [6.07, 6.45) is 0.928. The summed E-state index contributed by atoms with van der Waals surface area (Å²) in [5.41, 5.74) is 9.31. The van der Waals surface area contributed by atoms with E-state index in [2.05, 4.69) is 56.9 Å². The molecule has 0 saturated carbocycles. The van der Waals surface area contributed by atoms with E-state index in [-0.39, 0.29) is 0 Å². The summed E-state index contributed by atoms with van der Waals surface area (Å²) in [5.74, 6) is 1.29. The van der Waals surface area contributed by atoms with Crippen molar-refractivity contribution in [3.05, 3.63) is 32.7 Å². The maximum absolute atomic E-state index is 6.14. The maximum atomic E-state index is 6.14. The summed E-state index contributed by atoms with van der Waals surface area (Å²) in [5, 5.41) is 4.57. The SMILES string of the molecule is CC(C)Cc1c(-c2ccc(Br)cc2Br)nn(C)c1N. The van der Waals surface area contributed by atoms with E-state index < -0.39 is 0 Å². The highest BCUT2D eigenvalue weighted by atomic mass is 79.9. The Morgan fingerprint density at radius 3 is 2.58 bits per heavy atom. The first-order chi connectivity index (χ1) is 8.90. The number of nitrogen functional groups attached to an aromatic ring is 1. The molecule has 1 aromatic heterocycles. The lowest BCUT2D eigenvalue weighted by Gasteiger charge is -2.08. The van der Waals surface area contributed by atoms with E-state index in [9.17, 15) is 0 Å². The van der Waals surface area contributed by atoms with Crippen LogP contribution in [0.2, 0.25) is 0 Å². The van der Waals surface area contributed by atoms with Crippen molar-refractivity contribution < 1.29 is 0 Å². The third-order valence-corrected chi connectivity index (χ3v) is 4.14. The number of nitrogens with zero attached hydrogens (tertiary/aromatic N) is 2. The largest absolute Gasteiger partial charge is 0.384 e. The standard InChI is InChI=1S/C14H17Br2N3/c1-8(2)6-11-13(18-19(3)14(11)17)10-5-4-9(15)7-12(10)16/h4-5,7-8H,6,17H2,1-3H3. The summed E-state index contributed by atoms with van der Waals surface area (Å²) in [6.45, 7) is 4.37. The molecule has 0 radical (unpaired) electrons. The highest BCUT2D eigenvalue weighted by Gasteiger charge is 2.18. The molecule has 0 unspecified atom stereocenters. The van der Waals surface area contributed by atoms with Crippen LogP contribution in [0, 0.1) is 5.92 Å². The molecule has 19 heavy (non-hydrogen) atoms. The molecule has 1 heterocycles. The Kier molecular flexibility index (Phi) is 4.36. The van der Waals surface area contributed by atoms with Crippen molar-refractivity contribution in [1.82, 2.24) is 9.78 Å². The van der Waals surface area contributed by atoms with Gasteiger partial charge in [0.2, 0.25) is 0 Å². The molecule has 0 aliphatic heterocycles. The fraction of sp³-hybridized carbons (Fsp3) is 0.357. The van der Waals surface area contributed by atoms with E-state index in [1.807, 2.05) is 19.2 Å². The van der Waals surface area contributed by atoms with E-state index in [0.29, 0.717) is 5.92 Å². The van der Waals surface area contributed by atoms with Crippen molar-refractivity contribution in [2.24, 2.45) is 13.0 Å². The topological polar surface area (TPSA) is 43.8 Å². The van der Waals surface area contributed by atoms with Crippen molar-refractivity contribution >= 4 is 37.7 Å². The first-order valence-corrected chi connectivity index (χ1v) is 7.75. The van der Waals surface area contributed by atoms with Gasteiger partial charge in [0.05, 0.1) is 5.69 Å². The molecule has 0 atom stereocenters. The first-order valence-electron chi connectivity index (χ1n) is 6.17. The van der Waals surface area contributed by atoms with Crippen LogP contribution < -0.4 is 5.73 Å². The minimum atomic E-state index is 0.541. The van der Waals surface area contributed by atoms with Crippen LogP contribution in [0.25, 0.3) is 11.3 Å². The van der Waals surface area contributed by atoms with E-state index >= 15 is 0 Å². The lowest BCUT2D eigenvalue weighted by Crippen LogP contribution is -2.02. The molecule has 3 nitrogen and oxygen atoms in total. The van der Waals surface area contributed by atoms with Crippen LogP contribution in [-0.2, 0) is 13.5 Å². The Morgan fingerprint density at radius 2 is 2.00 bits per heavy atom. The Morgan fingerprint density at radius 1 is 1.32 bits per heavy atom. The number of benzene rings is 1. The van der Waals surface area contributed by atoms with Crippen molar-refractivity contribution in [2.75, 3.05) is 5.73 Å². The zero-order chi connectivity index (χ0) is 14.2. The van der Waals surface area contributed by atoms with Gasteiger partial charge in [-0.25, -0.2) is 0 Å². The summed E-state index contributed by atoms with van der Waals surface area (Å²) in [4.78, 5) is 0. The second-order valence-electron chi connectivity index (χ2n) is 5.06. The van der Waals surface area contributed by atoms with Gasteiger partial charge in [0.15, 0.2) is 0 Å². The molecule has 0 aliphatic rings. The minimum Gasteiger partial charge on any atom is -0.384 e. The minimum absolute atomic E-state index is 0.541. The van der Waals surface area contributed by atoms with Gasteiger partial charge in [0.1, 0.15) is 5.82 Å². The number of anilines is 1. The van der Waals surface area contributed by atoms with E-state index in [1.54, 1.807) is 4.68 Å². The summed E-state index contributed by atoms with van der Waals surface area (Å²) < 4.78 is 3.81. The highest BCUT2D eigenvalue weighted by Crippen LogP contribution is 2.35. The summed E-state index contributed by atoms with van der Waals surface area (Å²) in [7, 11) is 1.88. The molecule has 1 aromatic carbocycles. The van der Waals surface area contributed by atoms with Gasteiger partial charge in [-0.3, -0.25) is 4.68 Å². The fourth-order valence-electron chi connectivity index (χ4n) is 2.09. The number of hydrogen-bond acceptors (Lipinski definition) is 2. The predicted molar refractivity (Wildman–Crippen MR) is 87.0 cm³/mol. The number of aromatic nitrogens is 2. The molecule has 0 fully saturated rings. The lowest BCUT2D eigenvalue weighted by molar-refractivity contribution is 0.648. The average Bonchev–Trinajstić information content (AvgIpc) is 2.57. The normalized spacial score (nSPS) is 11.3. The summed E-state index contributed by atoms with van der Waals surface area (Å²) >= 11 is 7.06. The molecular weight excluding hydrogens is 370 g/mol. The van der Waals surface area contributed by atoms with Crippen molar-refractivity contribution in [1.29, 1.82) is 0 Å². The molecule has 0 aliphatic carbocycles. The van der Waals surface area contributed by atoms with Crippen LogP contribution in [0.3, 0.4) is 0 Å². The number of hydrogen-bond donors (Lipinski definition) is 1. The second-order valence-corrected chi connectivity index (χ2v) is 6.83. The molecule has 0 bridgehead atoms. The van der Waals surface area contributed by atoms with Crippen LogP contribution >= 0.6 is 31.9 Å². The highest BCUT2D eigenvalue weighted by molar-refractivity contribution is 9.11. The van der Waals surface area contributed by atoms with Gasteiger partial charge in [0.25, 0.3) is 0 Å². The summed E-state index contributed by atoms with van der Waals surface area (Å²) in [6, 6.07) is 6.10. The molecule has 2 rings (SSSR count). The molecule has 2 aromatic rings. The van der Waals surface area contributed by atoms with Crippen LogP contribution in [0.15, 0.2) is 27.1 Å². The Bertz CT molecular complexity index is 603. The van der Waals surface area contributed by atoms with E-state index in [4.69, 9.17) is 5.73 Å². The number of halogens is 2. The number of rotatable bonds is 3. The zero-order valence-electron chi connectivity index (χ0n) is 11.2. The second kappa shape index (κ2) is 5.67. The predicted octanol–water partition coefficient (Wildman–Crippen LogP) is 4.39. The number of nitrogens with two attached hydrogens (primary N) is 1. The Balaban J connectivity index is 2.58. The Labute approximate surface area is 130 Å². The van der Waals surface area contributed by atoms with Crippen LogP contribution in [0.4, 0.5) is 5.82 Å². The van der Waals surface area contributed by atoms with Gasteiger partial charge in [-0.1, -0.05) is 51.8 Å². The van der Waals surface area contributed by atoms with Gasteiger partial charge in [-0.15, -0.1) is 0 Å². The smallest absolute Gasteiger partial charge is 0.125 e. The fourth-order valence-corrected chi connectivity index (χ4v) is 3.32. The quantitative estimate of drug-likeness (QED) is 0.849. The van der Waals surface area contributed by atoms with Gasteiger partial charge in [-0.2, -0.15) is 5.10 Å². The first kappa shape index (κ1) is 14.6. The molecule has 102 valence electrons. The van der Waals surface area contributed by atoms with Crippen molar-refractivity contribution in [3.8, 4) is 11.3 Å². The molecule has 5 heteroatoms. The molecule has 0 amide bonds. The zero-order valence-corrected chi connectivity index (χ0v) is 14.4. The van der Waals surface area contributed by atoms with Crippen molar-refractivity contribution in [2.45, 2.75) is 20.3 Å². The monoisotopic (exact) mass is 385 g/mol. The molecule has 0 saturated heterocycles. The maximum Gasteiger partial charge on any atom is 0.125 e. The lowest BCUT2D eigenvalue weighted by atomic mass is 9.99. The van der Waals surface area contributed by atoms with Crippen molar-refractivity contribution in [3.63, 3.8) is 0 Å². The molecular formula is C14H17Br2N3. The Hall–Kier alpha value is -0.810. The third kappa shape index (κ3) is 3.03. The van der Waals surface area contributed by atoms with Crippen LogP contribution in [0.5, 0.6) is 0 Å². The van der Waals surface area contributed by atoms with Gasteiger partial charge in [0, 0.05) is 27.1 Å². The van der Waals surface area contributed by atoms with Crippen LogP contribution in [-0.4, -0.2) is 9.78 Å². The average molecular weight is 387 g/mol.